The average molecular weight is 519 g/mol. The molecule has 2 rings (SSSR count). The van der Waals surface area contributed by atoms with Gasteiger partial charge in [-0.25, -0.2) is 0 Å². The van der Waals surface area contributed by atoms with Crippen LogP contribution in [0.1, 0.15) is 60.3 Å². The number of carbonyl (C=O) groups is 4. The lowest BCUT2D eigenvalue weighted by Gasteiger charge is -2.13. The van der Waals surface area contributed by atoms with Gasteiger partial charge in [-0.2, -0.15) is 0 Å². The summed E-state index contributed by atoms with van der Waals surface area (Å²) in [5.41, 5.74) is 0. The summed E-state index contributed by atoms with van der Waals surface area (Å²) in [6, 6.07) is 9.72. The van der Waals surface area contributed by atoms with Gasteiger partial charge in [-0.1, -0.05) is 39.8 Å². The molecular formula is C27H34O10. The fourth-order valence-corrected chi connectivity index (χ4v) is 2.54. The summed E-state index contributed by atoms with van der Waals surface area (Å²) >= 11 is 0. The van der Waals surface area contributed by atoms with Crippen LogP contribution in [0, 0.1) is 0 Å². The van der Waals surface area contributed by atoms with E-state index in [1.807, 2.05) is 6.92 Å². The van der Waals surface area contributed by atoms with E-state index in [4.69, 9.17) is 28.4 Å². The van der Waals surface area contributed by atoms with Crippen molar-refractivity contribution in [3.8, 4) is 34.5 Å². The summed E-state index contributed by atoms with van der Waals surface area (Å²) in [5, 5.41) is 0. The van der Waals surface area contributed by atoms with Gasteiger partial charge in [0.1, 0.15) is 0 Å². The molecule has 0 spiro atoms. The summed E-state index contributed by atoms with van der Waals surface area (Å²) in [5.74, 6) is -0.257. The van der Waals surface area contributed by atoms with E-state index in [0.29, 0.717) is 18.1 Å². The molecule has 0 saturated carbocycles. The SMILES string of the molecule is CCC(=O)Oc1cccc(OC)c1OC(=O)CC.CCOc1cccc(OC(=O)CC)c1OC(=O)CC. The third-order valence-corrected chi connectivity index (χ3v) is 4.44. The summed E-state index contributed by atoms with van der Waals surface area (Å²) in [6.07, 6.45) is 0.916. The van der Waals surface area contributed by atoms with Gasteiger partial charge in [0.05, 0.1) is 13.7 Å². The van der Waals surface area contributed by atoms with Crippen LogP contribution in [0.25, 0.3) is 0 Å². The van der Waals surface area contributed by atoms with E-state index in [2.05, 4.69) is 0 Å². The number of para-hydroxylation sites is 2. The van der Waals surface area contributed by atoms with Gasteiger partial charge in [-0.15, -0.1) is 0 Å². The largest absolute Gasteiger partial charge is 0.493 e. The van der Waals surface area contributed by atoms with Crippen LogP contribution in [-0.2, 0) is 19.2 Å². The zero-order valence-electron chi connectivity index (χ0n) is 22.1. The molecule has 0 heterocycles. The Hall–Kier alpha value is -4.08. The highest BCUT2D eigenvalue weighted by Gasteiger charge is 2.18. The molecule has 0 saturated heterocycles. The molecule has 0 atom stereocenters. The number of ether oxygens (including phenoxy) is 6. The topological polar surface area (TPSA) is 124 Å². The Morgan fingerprint density at radius 2 is 0.892 bits per heavy atom. The van der Waals surface area contributed by atoms with Crippen LogP contribution in [-0.4, -0.2) is 37.6 Å². The Labute approximate surface area is 216 Å². The average Bonchev–Trinajstić information content (AvgIpc) is 2.91. The molecule has 0 aliphatic carbocycles. The molecule has 0 bridgehead atoms. The number of hydrogen-bond donors (Lipinski definition) is 0. The van der Waals surface area contributed by atoms with Gasteiger partial charge in [0.25, 0.3) is 0 Å². The number of hydrogen-bond acceptors (Lipinski definition) is 10. The minimum atomic E-state index is -0.423. The van der Waals surface area contributed by atoms with Crippen molar-refractivity contribution in [3.05, 3.63) is 36.4 Å². The highest BCUT2D eigenvalue weighted by Crippen LogP contribution is 2.38. The number of esters is 4. The molecule has 0 aliphatic heterocycles. The van der Waals surface area contributed by atoms with Crippen molar-refractivity contribution in [2.24, 2.45) is 0 Å². The summed E-state index contributed by atoms with van der Waals surface area (Å²) in [7, 11) is 1.45. The van der Waals surface area contributed by atoms with Gasteiger partial charge in [-0.05, 0) is 31.2 Å². The number of rotatable bonds is 11. The monoisotopic (exact) mass is 518 g/mol. The van der Waals surface area contributed by atoms with Crippen LogP contribution in [0.4, 0.5) is 0 Å². The Morgan fingerprint density at radius 1 is 0.541 bits per heavy atom. The van der Waals surface area contributed by atoms with E-state index in [0.717, 1.165) is 0 Å². The van der Waals surface area contributed by atoms with Gasteiger partial charge in [0.15, 0.2) is 23.0 Å². The Balaban J connectivity index is 0.000000371. The van der Waals surface area contributed by atoms with Crippen LogP contribution in [0.15, 0.2) is 36.4 Å². The summed E-state index contributed by atoms with van der Waals surface area (Å²) in [4.78, 5) is 45.4. The fraction of sp³-hybridized carbons (Fsp3) is 0.407. The molecule has 10 heteroatoms. The predicted octanol–water partition coefficient (Wildman–Crippen LogP) is 5.04. The second kappa shape index (κ2) is 16.6. The highest BCUT2D eigenvalue weighted by atomic mass is 16.6. The van der Waals surface area contributed by atoms with Crippen molar-refractivity contribution in [1.29, 1.82) is 0 Å². The van der Waals surface area contributed by atoms with E-state index in [1.165, 1.54) is 7.11 Å². The first kappa shape index (κ1) is 31.0. The van der Waals surface area contributed by atoms with E-state index in [-0.39, 0.29) is 48.7 Å². The highest BCUT2D eigenvalue weighted by molar-refractivity contribution is 5.78. The van der Waals surface area contributed by atoms with Crippen molar-refractivity contribution >= 4 is 23.9 Å². The van der Waals surface area contributed by atoms with Crippen molar-refractivity contribution in [2.45, 2.75) is 60.3 Å². The third kappa shape index (κ3) is 10.2. The van der Waals surface area contributed by atoms with Gasteiger partial charge < -0.3 is 28.4 Å². The normalized spacial score (nSPS) is 9.78. The lowest BCUT2D eigenvalue weighted by atomic mass is 10.3. The van der Waals surface area contributed by atoms with E-state index < -0.39 is 23.9 Å². The zero-order valence-corrected chi connectivity index (χ0v) is 22.1. The maximum atomic E-state index is 11.4. The van der Waals surface area contributed by atoms with Crippen LogP contribution < -0.4 is 28.4 Å². The first-order valence-corrected chi connectivity index (χ1v) is 12.0. The van der Waals surface area contributed by atoms with E-state index >= 15 is 0 Å². The quantitative estimate of drug-likeness (QED) is 0.295. The Kier molecular flexibility index (Phi) is 13.9. The first-order chi connectivity index (χ1) is 17.7. The van der Waals surface area contributed by atoms with Crippen LogP contribution in [0.3, 0.4) is 0 Å². The molecule has 0 aromatic heterocycles. The molecule has 2 aromatic carbocycles. The minimum Gasteiger partial charge on any atom is -0.493 e. The molecule has 0 unspecified atom stereocenters. The minimum absolute atomic E-state index is 0.133. The summed E-state index contributed by atoms with van der Waals surface area (Å²) < 4.78 is 31.0. The molecule has 0 radical (unpaired) electrons. The number of methoxy groups -OCH3 is 1. The number of benzene rings is 2. The molecule has 202 valence electrons. The molecule has 2 aromatic rings. The molecule has 0 fully saturated rings. The lowest BCUT2D eigenvalue weighted by molar-refractivity contribution is -0.136. The van der Waals surface area contributed by atoms with Crippen molar-refractivity contribution in [2.75, 3.05) is 13.7 Å². The maximum absolute atomic E-state index is 11.4. The van der Waals surface area contributed by atoms with Crippen molar-refractivity contribution < 1.29 is 47.6 Å². The van der Waals surface area contributed by atoms with Gasteiger partial charge >= 0.3 is 23.9 Å². The van der Waals surface area contributed by atoms with Gasteiger partial charge in [0.2, 0.25) is 11.5 Å². The van der Waals surface area contributed by atoms with Crippen molar-refractivity contribution in [1.82, 2.24) is 0 Å². The maximum Gasteiger partial charge on any atom is 0.311 e. The lowest BCUT2D eigenvalue weighted by Crippen LogP contribution is -2.11. The first-order valence-electron chi connectivity index (χ1n) is 12.0. The smallest absolute Gasteiger partial charge is 0.311 e. The molecule has 0 amide bonds. The fourth-order valence-electron chi connectivity index (χ4n) is 2.54. The third-order valence-electron chi connectivity index (χ3n) is 4.44. The van der Waals surface area contributed by atoms with Gasteiger partial charge in [-0.3, -0.25) is 19.2 Å². The van der Waals surface area contributed by atoms with Crippen LogP contribution in [0.5, 0.6) is 34.5 Å². The van der Waals surface area contributed by atoms with Gasteiger partial charge in [0, 0.05) is 25.7 Å². The molecular weight excluding hydrogens is 484 g/mol. The Morgan fingerprint density at radius 3 is 1.27 bits per heavy atom. The molecule has 0 N–H and O–H groups in total. The second-order valence-corrected chi connectivity index (χ2v) is 7.11. The Bertz CT molecular complexity index is 1060. The van der Waals surface area contributed by atoms with Crippen molar-refractivity contribution in [3.63, 3.8) is 0 Å². The standard InChI is InChI=1S/C14H18O5.C13H16O5/c1-4-12(15)18-11-9-7-8-10(17-6-3)14(11)19-13(16)5-2;1-4-11(14)17-10-8-6-7-9(16-3)13(10)18-12(15)5-2/h7-9H,4-6H2,1-3H3;6-8H,4-5H2,1-3H3. The van der Waals surface area contributed by atoms with E-state index in [1.54, 1.807) is 64.1 Å². The molecule has 10 nitrogen and oxygen atoms in total. The predicted molar refractivity (Wildman–Crippen MR) is 134 cm³/mol. The second-order valence-electron chi connectivity index (χ2n) is 7.11. The summed E-state index contributed by atoms with van der Waals surface area (Å²) in [6.45, 7) is 8.96. The molecule has 37 heavy (non-hydrogen) atoms. The van der Waals surface area contributed by atoms with Crippen LogP contribution in [0.2, 0.25) is 0 Å². The number of carbonyl (C=O) groups excluding carboxylic acids is 4. The molecule has 0 aliphatic rings. The zero-order chi connectivity index (χ0) is 27.8. The van der Waals surface area contributed by atoms with Crippen LogP contribution >= 0.6 is 0 Å². The van der Waals surface area contributed by atoms with E-state index in [9.17, 15) is 19.2 Å².